The van der Waals surface area contributed by atoms with E-state index in [-0.39, 0.29) is 76.4 Å². The van der Waals surface area contributed by atoms with Crippen LogP contribution in [0.1, 0.15) is 54.0 Å². The topological polar surface area (TPSA) is 155 Å². The molecule has 3 fully saturated rings. The number of rotatable bonds is 12. The predicted octanol–water partition coefficient (Wildman–Crippen LogP) is 4.89. The fourth-order valence-corrected chi connectivity index (χ4v) is 11.3. The van der Waals surface area contributed by atoms with Crippen molar-refractivity contribution in [2.45, 2.75) is 55.2 Å². The molecule has 13 heteroatoms. The number of imide groups is 1. The minimum absolute atomic E-state index is 0.0129. The summed E-state index contributed by atoms with van der Waals surface area (Å²) in [4.78, 5) is 68.9. The van der Waals surface area contributed by atoms with Gasteiger partial charge < -0.3 is 24.9 Å². The quantitative estimate of drug-likeness (QED) is 0.178. The van der Waals surface area contributed by atoms with Gasteiger partial charge in [-0.3, -0.25) is 28.9 Å². The van der Waals surface area contributed by atoms with Gasteiger partial charge in [0.05, 0.1) is 24.0 Å². The van der Waals surface area contributed by atoms with Gasteiger partial charge in [-0.2, -0.15) is 0 Å². The molecule has 6 unspecified atom stereocenters. The molecule has 3 heterocycles. The molecule has 4 aliphatic rings. The summed E-state index contributed by atoms with van der Waals surface area (Å²) in [6, 6.07) is 13.1. The van der Waals surface area contributed by atoms with Gasteiger partial charge in [0.25, 0.3) is 5.91 Å². The number of anilines is 1. The van der Waals surface area contributed by atoms with Crippen molar-refractivity contribution in [3.63, 3.8) is 0 Å². The largest absolute Gasteiger partial charge is 0.493 e. The molecule has 11 nitrogen and oxygen atoms in total. The molecule has 2 bridgehead atoms. The summed E-state index contributed by atoms with van der Waals surface area (Å²) >= 11 is 2.82. The van der Waals surface area contributed by atoms with Crippen molar-refractivity contribution in [1.82, 2.24) is 9.88 Å². The Labute approximate surface area is 285 Å². The molecule has 0 spiro atoms. The van der Waals surface area contributed by atoms with E-state index < -0.39 is 5.97 Å². The van der Waals surface area contributed by atoms with Crippen LogP contribution in [0, 0.1) is 36.5 Å². The number of hydrogen-bond acceptors (Lipinski definition) is 9. The number of benzene rings is 2. The van der Waals surface area contributed by atoms with E-state index in [0.29, 0.717) is 43.0 Å². The highest BCUT2D eigenvalue weighted by molar-refractivity contribution is 8.00. The summed E-state index contributed by atoms with van der Waals surface area (Å²) in [6.45, 7) is 2.06. The van der Waals surface area contributed by atoms with E-state index in [2.05, 4.69) is 10.3 Å². The number of unbranched alkanes of at least 4 members (excludes halogenated alkanes) is 2. The van der Waals surface area contributed by atoms with Gasteiger partial charge in [-0.1, -0.05) is 36.0 Å². The van der Waals surface area contributed by atoms with Gasteiger partial charge in [-0.25, -0.2) is 0 Å². The number of thiazole rings is 1. The van der Waals surface area contributed by atoms with Crippen molar-refractivity contribution in [3.05, 3.63) is 68.1 Å². The number of ether oxygens (including phenoxy) is 2. The Morgan fingerprint density at radius 3 is 2.56 bits per heavy atom. The van der Waals surface area contributed by atoms with Crippen molar-refractivity contribution < 1.29 is 33.8 Å². The number of fused-ring (bicyclic) bond motifs is 9. The van der Waals surface area contributed by atoms with Crippen molar-refractivity contribution in [2.24, 2.45) is 29.6 Å². The highest BCUT2D eigenvalue weighted by atomic mass is 32.2. The summed E-state index contributed by atoms with van der Waals surface area (Å²) < 4.78 is 11.6. The second kappa shape index (κ2) is 13.1. The highest BCUT2D eigenvalue weighted by Gasteiger charge is 2.69. The average Bonchev–Trinajstić information content (AvgIpc) is 3.79. The molecule has 3 aromatic rings. The maximum atomic E-state index is 13.8. The van der Waals surface area contributed by atoms with E-state index in [1.165, 1.54) is 16.2 Å². The zero-order valence-corrected chi connectivity index (χ0v) is 28.2. The van der Waals surface area contributed by atoms with Gasteiger partial charge in [-0.05, 0) is 79.3 Å². The Hall–Kier alpha value is -4.10. The lowest BCUT2D eigenvalue weighted by atomic mass is 9.68. The monoisotopic (exact) mass is 691 g/mol. The number of carbonyl (C=O) groups excluding carboxylic acids is 3. The van der Waals surface area contributed by atoms with Crippen LogP contribution in [-0.2, 0) is 19.2 Å². The molecule has 7 atom stereocenters. The van der Waals surface area contributed by atoms with E-state index in [0.717, 1.165) is 27.5 Å². The molecule has 48 heavy (non-hydrogen) atoms. The van der Waals surface area contributed by atoms with Crippen molar-refractivity contribution in [3.8, 4) is 11.5 Å². The number of carboxylic acid groups (broad SMARTS) is 1. The summed E-state index contributed by atoms with van der Waals surface area (Å²) in [5.41, 5.74) is 2.64. The minimum atomic E-state index is -0.847. The van der Waals surface area contributed by atoms with E-state index in [1.807, 2.05) is 43.3 Å². The Balaban J connectivity index is 1.12. The molecule has 2 aromatic carbocycles. The standard InChI is InChI=1S/C35H37N3O8S2/c1-17-7-6-8-19(13-17)36-24(39)16-46-22-11-10-18(14-23(22)45-2)26-27-20-15-21(30(27)47-32-31(26)48-35(44)37-32)29-28(20)33(42)38(34(29)43)12-5-3-4-9-25(40)41/h6-8,10-11,13-14,20-21,26-30H,3-5,9,12,15-16H2,1-2H3,(H,36,39)(H,37,44)(H,40,41)/t20?,21?,26-,27?,28?,29?,30?/m1/s1. The Bertz CT molecular complexity index is 1840. The maximum absolute atomic E-state index is 13.8. The zero-order chi connectivity index (χ0) is 33.7. The third-order valence-corrected chi connectivity index (χ3v) is 12.9. The lowest BCUT2D eigenvalue weighted by Gasteiger charge is -2.43. The van der Waals surface area contributed by atoms with Crippen molar-refractivity contribution in [1.29, 1.82) is 0 Å². The molecule has 7 rings (SSSR count). The van der Waals surface area contributed by atoms with Crippen LogP contribution in [0.15, 0.2) is 52.3 Å². The molecule has 252 valence electrons. The van der Waals surface area contributed by atoms with Crippen LogP contribution in [0.5, 0.6) is 11.5 Å². The first kappa shape index (κ1) is 32.4. The first-order chi connectivity index (χ1) is 23.1. The molecule has 2 aliphatic carbocycles. The third-order valence-electron chi connectivity index (χ3n) is 10.3. The van der Waals surface area contributed by atoms with E-state index in [1.54, 1.807) is 24.9 Å². The van der Waals surface area contributed by atoms with Gasteiger partial charge >= 0.3 is 10.8 Å². The molecule has 1 aromatic heterocycles. The van der Waals surface area contributed by atoms with E-state index in [4.69, 9.17) is 14.6 Å². The van der Waals surface area contributed by atoms with E-state index >= 15 is 0 Å². The smallest absolute Gasteiger partial charge is 0.305 e. The fraction of sp³-hybridized carbons (Fsp3) is 0.457. The number of aliphatic carboxylic acids is 1. The van der Waals surface area contributed by atoms with Gasteiger partial charge in [0.1, 0.15) is 0 Å². The Kier molecular flexibility index (Phi) is 8.84. The van der Waals surface area contributed by atoms with Gasteiger partial charge in [-0.15, -0.1) is 11.8 Å². The number of likely N-dealkylation sites (tertiary alicyclic amines) is 1. The Morgan fingerprint density at radius 2 is 1.81 bits per heavy atom. The third kappa shape index (κ3) is 5.80. The van der Waals surface area contributed by atoms with E-state index in [9.17, 15) is 24.0 Å². The SMILES string of the molecule is COc1cc([C@H]2c3sc(=O)[nH]c3SC3C4CC(C5C(=O)N(CCCCCC(=O)O)C(=O)C45)C32)ccc1OCC(=O)Nc1cccc(C)c1. The molecular weight excluding hydrogens is 655 g/mol. The van der Waals surface area contributed by atoms with Crippen LogP contribution < -0.4 is 19.7 Å². The molecule has 0 radical (unpaired) electrons. The van der Waals surface area contributed by atoms with Crippen molar-refractivity contribution in [2.75, 3.05) is 25.6 Å². The van der Waals surface area contributed by atoms with Gasteiger partial charge in [0, 0.05) is 34.7 Å². The second-order valence-corrected chi connectivity index (χ2v) is 15.3. The second-order valence-electron chi connectivity index (χ2n) is 13.1. The van der Waals surface area contributed by atoms with Gasteiger partial charge in [0.2, 0.25) is 11.8 Å². The molecule has 1 saturated heterocycles. The molecule has 3 N–H and O–H groups in total. The lowest BCUT2D eigenvalue weighted by Crippen LogP contribution is -2.42. The molecule has 3 amide bonds. The molecule has 2 aliphatic heterocycles. The number of aryl methyl sites for hydroxylation is 1. The van der Waals surface area contributed by atoms with Crippen LogP contribution in [0.25, 0.3) is 0 Å². The van der Waals surface area contributed by atoms with Crippen LogP contribution in [0.4, 0.5) is 5.69 Å². The number of aromatic nitrogens is 1. The number of nitrogens with one attached hydrogen (secondary N) is 2. The fourth-order valence-electron chi connectivity index (χ4n) is 8.46. The molecule has 2 saturated carbocycles. The number of amides is 3. The van der Waals surface area contributed by atoms with Crippen LogP contribution in [0.2, 0.25) is 0 Å². The Morgan fingerprint density at radius 1 is 1.02 bits per heavy atom. The number of carboxylic acids is 1. The number of carbonyl (C=O) groups is 4. The lowest BCUT2D eigenvalue weighted by molar-refractivity contribution is -0.141. The first-order valence-corrected chi connectivity index (χ1v) is 18.0. The van der Waals surface area contributed by atoms with Crippen LogP contribution >= 0.6 is 23.1 Å². The average molecular weight is 692 g/mol. The number of thioether (sulfide) groups is 1. The maximum Gasteiger partial charge on any atom is 0.305 e. The van der Waals surface area contributed by atoms with Crippen LogP contribution in [0.3, 0.4) is 0 Å². The summed E-state index contributed by atoms with van der Waals surface area (Å²) in [7, 11) is 1.54. The van der Waals surface area contributed by atoms with Gasteiger partial charge in [0.15, 0.2) is 18.1 Å². The van der Waals surface area contributed by atoms with Crippen LogP contribution in [-0.4, -0.2) is 64.2 Å². The number of methoxy groups -OCH3 is 1. The number of H-pyrrole nitrogens is 1. The highest BCUT2D eigenvalue weighted by Crippen LogP contribution is 2.68. The van der Waals surface area contributed by atoms with Crippen molar-refractivity contribution >= 4 is 52.5 Å². The first-order valence-electron chi connectivity index (χ1n) is 16.3. The normalized spacial score (nSPS) is 26.6. The number of aromatic amines is 1. The summed E-state index contributed by atoms with van der Waals surface area (Å²) in [6.07, 6.45) is 2.60. The predicted molar refractivity (Wildman–Crippen MR) is 180 cm³/mol. The minimum Gasteiger partial charge on any atom is -0.493 e. The molecular formula is C35H37N3O8S2. The zero-order valence-electron chi connectivity index (χ0n) is 26.6. The summed E-state index contributed by atoms with van der Waals surface area (Å²) in [5, 5.41) is 12.6. The summed E-state index contributed by atoms with van der Waals surface area (Å²) in [5.74, 6) is -1.42. The number of hydrogen-bond donors (Lipinski definition) is 3. The number of nitrogens with zero attached hydrogens (tertiary/aromatic N) is 1.